The van der Waals surface area contributed by atoms with E-state index in [9.17, 15) is 9.59 Å². The molecule has 0 unspecified atom stereocenters. The molecule has 0 aromatic heterocycles. The van der Waals surface area contributed by atoms with Crippen molar-refractivity contribution in [2.24, 2.45) is 10.4 Å². The maximum atomic E-state index is 12.8. The number of amides is 1. The highest BCUT2D eigenvalue weighted by Crippen LogP contribution is 2.21. The molecule has 26 heavy (non-hydrogen) atoms. The van der Waals surface area contributed by atoms with Crippen LogP contribution in [0.3, 0.4) is 0 Å². The molecule has 2 aromatic carbocycles. The van der Waals surface area contributed by atoms with Crippen LogP contribution in [0.15, 0.2) is 53.5 Å². The Balaban J connectivity index is 2.40. The fourth-order valence-electron chi connectivity index (χ4n) is 2.29. The van der Waals surface area contributed by atoms with Crippen LogP contribution >= 0.6 is 0 Å². The Kier molecular flexibility index (Phi) is 5.93. The summed E-state index contributed by atoms with van der Waals surface area (Å²) in [4.78, 5) is 30.0. The summed E-state index contributed by atoms with van der Waals surface area (Å²) < 4.78 is 0. The van der Waals surface area contributed by atoms with Crippen LogP contribution in [0.4, 0.5) is 17.1 Å². The number of ketones is 1. The zero-order chi connectivity index (χ0) is 19.3. The van der Waals surface area contributed by atoms with Gasteiger partial charge in [0.15, 0.2) is 11.5 Å². The minimum Gasteiger partial charge on any atom is -0.388 e. The van der Waals surface area contributed by atoms with Crippen molar-refractivity contribution < 1.29 is 9.59 Å². The van der Waals surface area contributed by atoms with Crippen molar-refractivity contribution >= 4 is 34.5 Å². The molecule has 2 aromatic rings. The number of benzene rings is 2. The molecule has 0 bridgehead atoms. The first-order chi connectivity index (χ1) is 12.2. The molecule has 0 saturated heterocycles. The van der Waals surface area contributed by atoms with Crippen molar-refractivity contribution in [3.63, 3.8) is 0 Å². The van der Waals surface area contributed by atoms with Crippen molar-refractivity contribution in [1.82, 2.24) is 0 Å². The van der Waals surface area contributed by atoms with E-state index in [1.807, 2.05) is 44.3 Å². The summed E-state index contributed by atoms with van der Waals surface area (Å²) in [5, 5.41) is 5.82. The monoisotopic (exact) mass is 351 g/mol. The van der Waals surface area contributed by atoms with Gasteiger partial charge in [-0.1, -0.05) is 39.0 Å². The lowest BCUT2D eigenvalue weighted by Crippen LogP contribution is -2.37. The van der Waals surface area contributed by atoms with Gasteiger partial charge in [0.1, 0.15) is 0 Å². The second kappa shape index (κ2) is 7.95. The minimum atomic E-state index is -0.715. The lowest BCUT2D eigenvalue weighted by Gasteiger charge is -2.18. The highest BCUT2D eigenvalue weighted by atomic mass is 16.2. The van der Waals surface area contributed by atoms with Crippen molar-refractivity contribution in [1.29, 1.82) is 0 Å². The number of para-hydroxylation sites is 1. The third-order valence-electron chi connectivity index (χ3n) is 3.90. The number of anilines is 2. The number of hydrogen-bond acceptors (Lipinski definition) is 4. The molecule has 0 aliphatic carbocycles. The van der Waals surface area contributed by atoms with Gasteiger partial charge < -0.3 is 10.6 Å². The number of nitrogens with one attached hydrogen (secondary N) is 2. The summed E-state index contributed by atoms with van der Waals surface area (Å²) >= 11 is 0. The van der Waals surface area contributed by atoms with E-state index < -0.39 is 11.3 Å². The predicted molar refractivity (Wildman–Crippen MR) is 107 cm³/mol. The fourth-order valence-corrected chi connectivity index (χ4v) is 2.29. The summed E-state index contributed by atoms with van der Waals surface area (Å²) in [6.45, 7) is 7.22. The maximum Gasteiger partial charge on any atom is 0.278 e. The molecule has 0 radical (unpaired) electrons. The summed E-state index contributed by atoms with van der Waals surface area (Å²) in [7, 11) is 1.82. The Hall–Kier alpha value is -2.95. The van der Waals surface area contributed by atoms with E-state index in [1.165, 1.54) is 0 Å². The van der Waals surface area contributed by atoms with Gasteiger partial charge in [0, 0.05) is 23.8 Å². The van der Waals surface area contributed by atoms with E-state index in [1.54, 1.807) is 39.0 Å². The Morgan fingerprint density at radius 3 is 2.12 bits per heavy atom. The number of hydrogen-bond donors (Lipinski definition) is 2. The number of carbonyl (C=O) groups is 2. The molecule has 0 aliphatic rings. The summed E-state index contributed by atoms with van der Waals surface area (Å²) in [5.74, 6) is -0.807. The molecule has 2 rings (SSSR count). The first-order valence-corrected chi connectivity index (χ1v) is 8.50. The first-order valence-electron chi connectivity index (χ1n) is 8.50. The Bertz CT molecular complexity index is 831. The van der Waals surface area contributed by atoms with Crippen LogP contribution in [0.1, 0.15) is 26.3 Å². The zero-order valence-electron chi connectivity index (χ0n) is 15.9. The molecule has 0 saturated carbocycles. The molecule has 1 amide bonds. The molecule has 5 nitrogen and oxygen atoms in total. The first kappa shape index (κ1) is 19.4. The molecule has 0 fully saturated rings. The third-order valence-corrected chi connectivity index (χ3v) is 3.90. The van der Waals surface area contributed by atoms with Gasteiger partial charge in [-0.2, -0.15) is 0 Å². The van der Waals surface area contributed by atoms with Crippen LogP contribution in [-0.2, 0) is 9.59 Å². The quantitative estimate of drug-likeness (QED) is 0.621. The standard InChI is InChI=1S/C21H25N3O2/c1-14-8-6-7-9-17(14)24-20(26)18(19(25)21(2,3)4)23-16-12-10-15(22-5)11-13-16/h6-13,22H,1-5H3,(H,24,26). The van der Waals surface area contributed by atoms with Gasteiger partial charge in [-0.05, 0) is 42.8 Å². The SMILES string of the molecule is CNc1ccc(N=C(C(=O)Nc2ccccc2C)C(=O)C(C)(C)C)cc1. The van der Waals surface area contributed by atoms with Gasteiger partial charge in [0.25, 0.3) is 5.91 Å². The normalized spacial score (nSPS) is 11.8. The molecule has 136 valence electrons. The topological polar surface area (TPSA) is 70.6 Å². The van der Waals surface area contributed by atoms with Gasteiger partial charge >= 0.3 is 0 Å². The molecule has 5 heteroatoms. The Morgan fingerprint density at radius 1 is 0.962 bits per heavy atom. The second-order valence-corrected chi connectivity index (χ2v) is 7.11. The van der Waals surface area contributed by atoms with Crippen LogP contribution in [0.2, 0.25) is 0 Å². The fraction of sp³-hybridized carbons (Fsp3) is 0.286. The van der Waals surface area contributed by atoms with E-state index >= 15 is 0 Å². The lowest BCUT2D eigenvalue weighted by molar-refractivity contribution is -0.121. The van der Waals surface area contributed by atoms with Gasteiger partial charge in [0.05, 0.1) is 5.69 Å². The van der Waals surface area contributed by atoms with Crippen LogP contribution in [-0.4, -0.2) is 24.4 Å². The smallest absolute Gasteiger partial charge is 0.278 e. The minimum absolute atomic E-state index is 0.0991. The molecule has 0 spiro atoms. The number of nitrogens with zero attached hydrogens (tertiary/aromatic N) is 1. The van der Waals surface area contributed by atoms with Crippen molar-refractivity contribution in [2.45, 2.75) is 27.7 Å². The third kappa shape index (κ3) is 4.79. The van der Waals surface area contributed by atoms with Crippen molar-refractivity contribution in [2.75, 3.05) is 17.7 Å². The average molecular weight is 351 g/mol. The van der Waals surface area contributed by atoms with Gasteiger partial charge in [-0.25, -0.2) is 4.99 Å². The number of aryl methyl sites for hydroxylation is 1. The molecular formula is C21H25N3O2. The summed E-state index contributed by atoms with van der Waals surface area (Å²) in [6, 6.07) is 14.6. The van der Waals surface area contributed by atoms with Crippen LogP contribution < -0.4 is 10.6 Å². The number of rotatable bonds is 5. The number of aliphatic imine (C=N–C) groups is 1. The van der Waals surface area contributed by atoms with Crippen LogP contribution in [0.25, 0.3) is 0 Å². The molecule has 2 N–H and O–H groups in total. The molecular weight excluding hydrogens is 326 g/mol. The second-order valence-electron chi connectivity index (χ2n) is 7.11. The molecule has 0 atom stereocenters. The highest BCUT2D eigenvalue weighted by molar-refractivity contribution is 6.68. The molecule has 0 heterocycles. The average Bonchev–Trinajstić information content (AvgIpc) is 2.60. The lowest BCUT2D eigenvalue weighted by atomic mass is 9.87. The van der Waals surface area contributed by atoms with Gasteiger partial charge in [-0.15, -0.1) is 0 Å². The predicted octanol–water partition coefficient (Wildman–Crippen LogP) is 4.36. The summed E-state index contributed by atoms with van der Waals surface area (Å²) in [5.41, 5.74) is 2.25. The van der Waals surface area contributed by atoms with E-state index in [0.717, 1.165) is 11.3 Å². The van der Waals surface area contributed by atoms with E-state index in [0.29, 0.717) is 11.4 Å². The van der Waals surface area contributed by atoms with E-state index in [4.69, 9.17) is 0 Å². The number of carbonyl (C=O) groups excluding carboxylic acids is 2. The summed E-state index contributed by atoms with van der Waals surface area (Å²) in [6.07, 6.45) is 0. The van der Waals surface area contributed by atoms with E-state index in [-0.39, 0.29) is 11.5 Å². The molecule has 0 aliphatic heterocycles. The van der Waals surface area contributed by atoms with Crippen LogP contribution in [0.5, 0.6) is 0 Å². The van der Waals surface area contributed by atoms with E-state index in [2.05, 4.69) is 15.6 Å². The highest BCUT2D eigenvalue weighted by Gasteiger charge is 2.31. The van der Waals surface area contributed by atoms with Gasteiger partial charge in [-0.3, -0.25) is 9.59 Å². The zero-order valence-corrected chi connectivity index (χ0v) is 15.9. The maximum absolute atomic E-state index is 12.8. The largest absolute Gasteiger partial charge is 0.388 e. The van der Waals surface area contributed by atoms with Crippen molar-refractivity contribution in [3.05, 3.63) is 54.1 Å². The van der Waals surface area contributed by atoms with Crippen molar-refractivity contribution in [3.8, 4) is 0 Å². The Morgan fingerprint density at radius 2 is 1.58 bits per heavy atom. The van der Waals surface area contributed by atoms with Crippen LogP contribution in [0, 0.1) is 12.3 Å². The number of Topliss-reactive ketones (excluding diaryl/α,β-unsaturated/α-hetero) is 1. The van der Waals surface area contributed by atoms with Gasteiger partial charge in [0.2, 0.25) is 0 Å². The Labute approximate surface area is 154 Å².